The molecule has 23 heavy (non-hydrogen) atoms. The molecule has 0 saturated carbocycles. The summed E-state index contributed by atoms with van der Waals surface area (Å²) in [7, 11) is 0. The van der Waals surface area contributed by atoms with Crippen LogP contribution in [0.2, 0.25) is 0 Å². The Bertz CT molecular complexity index is 855. The van der Waals surface area contributed by atoms with Crippen molar-refractivity contribution in [1.29, 1.82) is 0 Å². The second kappa shape index (κ2) is 6.21. The zero-order valence-corrected chi connectivity index (χ0v) is 13.4. The van der Waals surface area contributed by atoms with Crippen LogP contribution in [0.4, 0.5) is 5.69 Å². The Kier molecular flexibility index (Phi) is 4.12. The summed E-state index contributed by atoms with van der Waals surface area (Å²) in [5, 5.41) is 6.35. The van der Waals surface area contributed by atoms with Gasteiger partial charge in [-0.3, -0.25) is 9.59 Å². The Morgan fingerprint density at radius 3 is 2.87 bits per heavy atom. The highest BCUT2D eigenvalue weighted by Gasteiger charge is 2.18. The van der Waals surface area contributed by atoms with Crippen molar-refractivity contribution in [2.45, 2.75) is 19.9 Å². The number of benzene rings is 1. The van der Waals surface area contributed by atoms with Gasteiger partial charge in [-0.05, 0) is 44.2 Å². The van der Waals surface area contributed by atoms with Gasteiger partial charge in [-0.1, -0.05) is 0 Å². The summed E-state index contributed by atoms with van der Waals surface area (Å²) < 4.78 is 6.00. The van der Waals surface area contributed by atoms with E-state index in [4.69, 9.17) is 4.42 Å². The van der Waals surface area contributed by atoms with Crippen LogP contribution in [-0.2, 0) is 4.79 Å². The first-order chi connectivity index (χ1) is 11.0. The average molecular weight is 329 g/mol. The molecule has 2 aromatic heterocycles. The quantitative estimate of drug-likeness (QED) is 0.771. The van der Waals surface area contributed by atoms with Crippen LogP contribution in [0.3, 0.4) is 0 Å². The van der Waals surface area contributed by atoms with Gasteiger partial charge in [0.2, 0.25) is 5.91 Å². The predicted octanol–water partition coefficient (Wildman–Crippen LogP) is 2.95. The molecule has 6 nitrogen and oxygen atoms in total. The van der Waals surface area contributed by atoms with Gasteiger partial charge in [0.25, 0.3) is 5.91 Å². The average Bonchev–Trinajstić information content (AvgIpc) is 3.14. The van der Waals surface area contributed by atoms with E-state index < -0.39 is 11.9 Å². The molecule has 1 atom stereocenters. The summed E-state index contributed by atoms with van der Waals surface area (Å²) in [4.78, 5) is 28.4. The second-order valence-electron chi connectivity index (χ2n) is 5.08. The van der Waals surface area contributed by atoms with Gasteiger partial charge in [0.1, 0.15) is 6.04 Å². The van der Waals surface area contributed by atoms with E-state index in [9.17, 15) is 9.59 Å². The number of rotatable bonds is 4. The zero-order chi connectivity index (χ0) is 16.4. The van der Waals surface area contributed by atoms with Gasteiger partial charge in [0, 0.05) is 5.69 Å². The van der Waals surface area contributed by atoms with Gasteiger partial charge in [0.05, 0.1) is 21.5 Å². The lowest BCUT2D eigenvalue weighted by Crippen LogP contribution is -2.41. The number of amides is 2. The van der Waals surface area contributed by atoms with Crippen LogP contribution in [0.15, 0.2) is 41.0 Å². The Balaban J connectivity index is 1.66. The molecule has 0 bridgehead atoms. The van der Waals surface area contributed by atoms with E-state index in [1.807, 2.05) is 19.1 Å². The summed E-state index contributed by atoms with van der Waals surface area (Å²) in [6.07, 6.45) is 1.41. The molecular formula is C16H15N3O3S. The molecule has 3 rings (SSSR count). The van der Waals surface area contributed by atoms with E-state index in [-0.39, 0.29) is 11.7 Å². The molecule has 7 heteroatoms. The standard InChI is InChI=1S/C16H15N3O3S/c1-9(17-16(21)13-4-3-7-22-13)15(20)19-11-5-6-12-14(8-11)23-10(2)18-12/h3-9H,1-2H3,(H,17,21)(H,19,20). The molecule has 118 valence electrons. The Morgan fingerprint density at radius 2 is 2.13 bits per heavy atom. The third kappa shape index (κ3) is 3.40. The molecule has 2 amide bonds. The number of furan rings is 1. The number of fused-ring (bicyclic) bond motifs is 1. The Hall–Kier alpha value is -2.67. The fourth-order valence-electron chi connectivity index (χ4n) is 2.11. The molecule has 0 aliphatic heterocycles. The Morgan fingerprint density at radius 1 is 1.30 bits per heavy atom. The third-order valence-electron chi connectivity index (χ3n) is 3.25. The van der Waals surface area contributed by atoms with E-state index in [0.29, 0.717) is 5.69 Å². The van der Waals surface area contributed by atoms with Crippen molar-refractivity contribution < 1.29 is 14.0 Å². The SMILES string of the molecule is Cc1nc2ccc(NC(=O)C(C)NC(=O)c3ccco3)cc2s1. The minimum Gasteiger partial charge on any atom is -0.459 e. The number of carbonyl (C=O) groups is 2. The van der Waals surface area contributed by atoms with Crippen LogP contribution in [0.25, 0.3) is 10.2 Å². The van der Waals surface area contributed by atoms with Crippen LogP contribution < -0.4 is 10.6 Å². The fourth-order valence-corrected chi connectivity index (χ4v) is 2.98. The number of carbonyl (C=O) groups excluding carboxylic acids is 2. The monoisotopic (exact) mass is 329 g/mol. The van der Waals surface area contributed by atoms with Crippen molar-refractivity contribution in [2.75, 3.05) is 5.32 Å². The highest BCUT2D eigenvalue weighted by atomic mass is 32.1. The van der Waals surface area contributed by atoms with Gasteiger partial charge in [-0.25, -0.2) is 4.98 Å². The first-order valence-corrected chi connectivity index (χ1v) is 7.87. The summed E-state index contributed by atoms with van der Waals surface area (Å²) >= 11 is 1.57. The molecule has 0 radical (unpaired) electrons. The first-order valence-electron chi connectivity index (χ1n) is 7.05. The number of thiazole rings is 1. The molecule has 0 spiro atoms. The molecule has 0 aliphatic rings. The van der Waals surface area contributed by atoms with Crippen molar-refractivity contribution in [1.82, 2.24) is 10.3 Å². The molecule has 0 saturated heterocycles. The molecule has 2 N–H and O–H groups in total. The van der Waals surface area contributed by atoms with Crippen LogP contribution in [-0.4, -0.2) is 22.8 Å². The van der Waals surface area contributed by atoms with Gasteiger partial charge in [0.15, 0.2) is 5.76 Å². The third-order valence-corrected chi connectivity index (χ3v) is 4.18. The number of hydrogen-bond donors (Lipinski definition) is 2. The minimum absolute atomic E-state index is 0.172. The van der Waals surface area contributed by atoms with E-state index in [1.54, 1.807) is 36.5 Å². The van der Waals surface area contributed by atoms with Crippen molar-refractivity contribution in [3.8, 4) is 0 Å². The van der Waals surface area contributed by atoms with Crippen LogP contribution in [0, 0.1) is 6.92 Å². The highest BCUT2D eigenvalue weighted by molar-refractivity contribution is 7.18. The molecule has 1 aromatic carbocycles. The van der Waals surface area contributed by atoms with E-state index >= 15 is 0 Å². The second-order valence-corrected chi connectivity index (χ2v) is 6.31. The number of aromatic nitrogens is 1. The number of aryl methyl sites for hydroxylation is 1. The maximum absolute atomic E-state index is 12.2. The van der Waals surface area contributed by atoms with E-state index in [0.717, 1.165) is 15.2 Å². The fraction of sp³-hybridized carbons (Fsp3) is 0.188. The van der Waals surface area contributed by atoms with E-state index in [1.165, 1.54) is 6.26 Å². The van der Waals surface area contributed by atoms with Gasteiger partial charge >= 0.3 is 0 Å². The Labute approximate surface area is 136 Å². The van der Waals surface area contributed by atoms with E-state index in [2.05, 4.69) is 15.6 Å². The smallest absolute Gasteiger partial charge is 0.287 e. The van der Waals surface area contributed by atoms with Gasteiger partial charge < -0.3 is 15.1 Å². The van der Waals surface area contributed by atoms with Crippen molar-refractivity contribution >= 4 is 39.1 Å². The first kappa shape index (κ1) is 15.2. The number of nitrogens with one attached hydrogen (secondary N) is 2. The lowest BCUT2D eigenvalue weighted by Gasteiger charge is -2.13. The van der Waals surface area contributed by atoms with Gasteiger partial charge in [-0.15, -0.1) is 11.3 Å². The lowest BCUT2D eigenvalue weighted by molar-refractivity contribution is -0.117. The maximum Gasteiger partial charge on any atom is 0.287 e. The van der Waals surface area contributed by atoms with Crippen molar-refractivity contribution in [3.63, 3.8) is 0 Å². The normalized spacial score (nSPS) is 12.1. The largest absolute Gasteiger partial charge is 0.459 e. The topological polar surface area (TPSA) is 84.2 Å². The van der Waals surface area contributed by atoms with Crippen molar-refractivity contribution in [2.24, 2.45) is 0 Å². The zero-order valence-electron chi connectivity index (χ0n) is 12.6. The lowest BCUT2D eigenvalue weighted by atomic mass is 10.2. The van der Waals surface area contributed by atoms with Crippen LogP contribution in [0.5, 0.6) is 0 Å². The van der Waals surface area contributed by atoms with Crippen LogP contribution >= 0.6 is 11.3 Å². The maximum atomic E-state index is 12.2. The molecule has 3 aromatic rings. The highest BCUT2D eigenvalue weighted by Crippen LogP contribution is 2.24. The minimum atomic E-state index is -0.688. The van der Waals surface area contributed by atoms with Crippen molar-refractivity contribution in [3.05, 3.63) is 47.4 Å². The molecule has 0 aliphatic carbocycles. The molecule has 1 unspecified atom stereocenters. The predicted molar refractivity (Wildman–Crippen MR) is 88.6 cm³/mol. The molecule has 0 fully saturated rings. The van der Waals surface area contributed by atoms with Gasteiger partial charge in [-0.2, -0.15) is 0 Å². The molecular weight excluding hydrogens is 314 g/mol. The molecule has 2 heterocycles. The number of hydrogen-bond acceptors (Lipinski definition) is 5. The summed E-state index contributed by atoms with van der Waals surface area (Å²) in [6.45, 7) is 3.56. The number of nitrogens with zero attached hydrogens (tertiary/aromatic N) is 1. The number of anilines is 1. The summed E-state index contributed by atoms with van der Waals surface area (Å²) in [6, 6.07) is 8.00. The summed E-state index contributed by atoms with van der Waals surface area (Å²) in [5.41, 5.74) is 1.58. The van der Waals surface area contributed by atoms with Crippen LogP contribution in [0.1, 0.15) is 22.5 Å². The summed E-state index contributed by atoms with van der Waals surface area (Å²) in [5.74, 6) is -0.553.